The van der Waals surface area contributed by atoms with Crippen LogP contribution in [0.5, 0.6) is 0 Å². The van der Waals surface area contributed by atoms with E-state index in [-0.39, 0.29) is 11.9 Å². The summed E-state index contributed by atoms with van der Waals surface area (Å²) >= 11 is 0. The summed E-state index contributed by atoms with van der Waals surface area (Å²) in [5.41, 5.74) is 2.58. The SMILES string of the molecule is O=C(C1Cc2ccccc2CN1)N1CCN(c2ncccn2)CC1. The number of rotatable bonds is 2. The lowest BCUT2D eigenvalue weighted by molar-refractivity contribution is -0.134. The number of nitrogens with zero attached hydrogens (tertiary/aromatic N) is 4. The number of amides is 1. The van der Waals surface area contributed by atoms with Gasteiger partial charge in [-0.25, -0.2) is 9.97 Å². The fourth-order valence-corrected chi connectivity index (χ4v) is 3.43. The van der Waals surface area contributed by atoms with Gasteiger partial charge in [0.15, 0.2) is 0 Å². The number of carbonyl (C=O) groups excluding carboxylic acids is 1. The third-order valence-electron chi connectivity index (χ3n) is 4.81. The second kappa shape index (κ2) is 6.57. The molecule has 1 amide bonds. The van der Waals surface area contributed by atoms with E-state index < -0.39 is 0 Å². The molecule has 1 aromatic heterocycles. The highest BCUT2D eigenvalue weighted by Crippen LogP contribution is 2.18. The molecule has 0 saturated carbocycles. The Morgan fingerprint density at radius 3 is 2.46 bits per heavy atom. The maximum absolute atomic E-state index is 12.8. The normalized spacial score (nSPS) is 20.6. The molecule has 1 saturated heterocycles. The van der Waals surface area contributed by atoms with E-state index in [0.717, 1.165) is 45.1 Å². The standard InChI is InChI=1S/C18H21N5O/c24-17(16-12-14-4-1-2-5-15(14)13-21-16)22-8-10-23(11-9-22)18-19-6-3-7-20-18/h1-7,16,21H,8-13H2. The molecule has 2 aromatic rings. The van der Waals surface area contributed by atoms with Crippen molar-refractivity contribution in [3.63, 3.8) is 0 Å². The van der Waals surface area contributed by atoms with Crippen LogP contribution >= 0.6 is 0 Å². The molecule has 2 aliphatic rings. The first-order valence-electron chi connectivity index (χ1n) is 8.42. The van der Waals surface area contributed by atoms with Crippen LogP contribution in [0.3, 0.4) is 0 Å². The van der Waals surface area contributed by atoms with Gasteiger partial charge in [0.05, 0.1) is 6.04 Å². The van der Waals surface area contributed by atoms with E-state index in [4.69, 9.17) is 0 Å². The second-order valence-corrected chi connectivity index (χ2v) is 6.27. The third-order valence-corrected chi connectivity index (χ3v) is 4.81. The quantitative estimate of drug-likeness (QED) is 0.887. The van der Waals surface area contributed by atoms with Crippen LogP contribution < -0.4 is 10.2 Å². The molecule has 2 aliphatic heterocycles. The van der Waals surface area contributed by atoms with Crippen LogP contribution in [0.15, 0.2) is 42.7 Å². The molecule has 0 bridgehead atoms. The van der Waals surface area contributed by atoms with Crippen molar-refractivity contribution in [3.05, 3.63) is 53.9 Å². The summed E-state index contributed by atoms with van der Waals surface area (Å²) in [6, 6.07) is 10.1. The summed E-state index contributed by atoms with van der Waals surface area (Å²) in [7, 11) is 0. The van der Waals surface area contributed by atoms with Crippen molar-refractivity contribution in [2.24, 2.45) is 0 Å². The molecule has 1 unspecified atom stereocenters. The molecule has 0 radical (unpaired) electrons. The fraction of sp³-hybridized carbons (Fsp3) is 0.389. The van der Waals surface area contributed by atoms with Crippen molar-refractivity contribution in [2.75, 3.05) is 31.1 Å². The third kappa shape index (κ3) is 2.97. The van der Waals surface area contributed by atoms with Crippen molar-refractivity contribution < 1.29 is 4.79 Å². The second-order valence-electron chi connectivity index (χ2n) is 6.27. The highest BCUT2D eigenvalue weighted by atomic mass is 16.2. The summed E-state index contributed by atoms with van der Waals surface area (Å²) in [5, 5.41) is 3.39. The van der Waals surface area contributed by atoms with E-state index >= 15 is 0 Å². The number of anilines is 1. The molecule has 6 nitrogen and oxygen atoms in total. The number of fused-ring (bicyclic) bond motifs is 1. The van der Waals surface area contributed by atoms with Crippen molar-refractivity contribution in [3.8, 4) is 0 Å². The molecule has 124 valence electrons. The lowest BCUT2D eigenvalue weighted by Gasteiger charge is -2.37. The smallest absolute Gasteiger partial charge is 0.240 e. The predicted octanol–water partition coefficient (Wildman–Crippen LogP) is 0.840. The maximum atomic E-state index is 12.8. The maximum Gasteiger partial charge on any atom is 0.240 e. The minimum Gasteiger partial charge on any atom is -0.338 e. The van der Waals surface area contributed by atoms with Crippen LogP contribution in [0.4, 0.5) is 5.95 Å². The lowest BCUT2D eigenvalue weighted by Crippen LogP contribution is -2.55. The monoisotopic (exact) mass is 323 g/mol. The molecule has 24 heavy (non-hydrogen) atoms. The Labute approximate surface area is 141 Å². The van der Waals surface area contributed by atoms with Crippen molar-refractivity contribution in [1.82, 2.24) is 20.2 Å². The lowest BCUT2D eigenvalue weighted by atomic mass is 9.95. The van der Waals surface area contributed by atoms with Crippen molar-refractivity contribution in [1.29, 1.82) is 0 Å². The molecule has 1 N–H and O–H groups in total. The average molecular weight is 323 g/mol. The van der Waals surface area contributed by atoms with Gasteiger partial charge in [0.1, 0.15) is 0 Å². The van der Waals surface area contributed by atoms with E-state index in [1.807, 2.05) is 23.1 Å². The number of piperazine rings is 1. The Bertz CT molecular complexity index is 712. The predicted molar refractivity (Wildman–Crippen MR) is 91.6 cm³/mol. The zero-order chi connectivity index (χ0) is 16.4. The first-order chi connectivity index (χ1) is 11.8. The van der Waals surface area contributed by atoms with Gasteiger partial charge in [0, 0.05) is 45.1 Å². The Morgan fingerprint density at radius 2 is 1.71 bits per heavy atom. The van der Waals surface area contributed by atoms with Crippen LogP contribution in [0, 0.1) is 0 Å². The molecule has 1 atom stereocenters. The molecule has 6 heteroatoms. The molecule has 3 heterocycles. The molecule has 1 aromatic carbocycles. The van der Waals surface area contributed by atoms with E-state index in [0.29, 0.717) is 0 Å². The van der Waals surface area contributed by atoms with E-state index in [1.165, 1.54) is 11.1 Å². The number of hydrogen-bond acceptors (Lipinski definition) is 5. The van der Waals surface area contributed by atoms with Gasteiger partial charge in [-0.2, -0.15) is 0 Å². The highest BCUT2D eigenvalue weighted by molar-refractivity contribution is 5.83. The van der Waals surface area contributed by atoms with Gasteiger partial charge < -0.3 is 15.1 Å². The van der Waals surface area contributed by atoms with Gasteiger partial charge >= 0.3 is 0 Å². The first kappa shape index (κ1) is 15.1. The summed E-state index contributed by atoms with van der Waals surface area (Å²) in [4.78, 5) is 25.5. The van der Waals surface area contributed by atoms with Crippen molar-refractivity contribution >= 4 is 11.9 Å². The highest BCUT2D eigenvalue weighted by Gasteiger charge is 2.30. The van der Waals surface area contributed by atoms with Crippen molar-refractivity contribution in [2.45, 2.75) is 19.0 Å². The molecule has 0 aliphatic carbocycles. The first-order valence-corrected chi connectivity index (χ1v) is 8.42. The number of carbonyl (C=O) groups is 1. The largest absolute Gasteiger partial charge is 0.338 e. The number of hydrogen-bond donors (Lipinski definition) is 1. The number of aromatic nitrogens is 2. The average Bonchev–Trinajstić information content (AvgIpc) is 2.68. The van der Waals surface area contributed by atoms with Gasteiger partial charge in [-0.3, -0.25) is 4.79 Å². The van der Waals surface area contributed by atoms with Crippen LogP contribution in [0.25, 0.3) is 0 Å². The van der Waals surface area contributed by atoms with Crippen LogP contribution in [-0.4, -0.2) is 53.0 Å². The summed E-state index contributed by atoms with van der Waals surface area (Å²) in [6.45, 7) is 3.76. The number of nitrogens with one attached hydrogen (secondary N) is 1. The zero-order valence-corrected chi connectivity index (χ0v) is 13.6. The summed E-state index contributed by atoms with van der Waals surface area (Å²) < 4.78 is 0. The van der Waals surface area contributed by atoms with Gasteiger partial charge in [-0.15, -0.1) is 0 Å². The molecule has 0 spiro atoms. The van der Waals surface area contributed by atoms with Crippen LogP contribution in [-0.2, 0) is 17.8 Å². The Balaban J connectivity index is 1.37. The van der Waals surface area contributed by atoms with Crippen LogP contribution in [0.1, 0.15) is 11.1 Å². The molecule has 1 fully saturated rings. The summed E-state index contributed by atoms with van der Waals surface area (Å²) in [6.07, 6.45) is 4.28. The van der Waals surface area contributed by atoms with E-state index in [1.54, 1.807) is 12.4 Å². The van der Waals surface area contributed by atoms with Gasteiger partial charge in [-0.1, -0.05) is 24.3 Å². The molecular formula is C18H21N5O. The fourth-order valence-electron chi connectivity index (χ4n) is 3.43. The van der Waals surface area contributed by atoms with Crippen LogP contribution in [0.2, 0.25) is 0 Å². The Hall–Kier alpha value is -2.47. The molecule has 4 rings (SSSR count). The Morgan fingerprint density at radius 1 is 1.00 bits per heavy atom. The van der Waals surface area contributed by atoms with Gasteiger partial charge in [-0.05, 0) is 23.6 Å². The zero-order valence-electron chi connectivity index (χ0n) is 13.6. The Kier molecular flexibility index (Phi) is 4.13. The summed E-state index contributed by atoms with van der Waals surface area (Å²) in [5.74, 6) is 0.951. The van der Waals surface area contributed by atoms with Gasteiger partial charge in [0.25, 0.3) is 0 Å². The van der Waals surface area contributed by atoms with E-state index in [2.05, 4.69) is 32.3 Å². The topological polar surface area (TPSA) is 61.4 Å². The van der Waals surface area contributed by atoms with Gasteiger partial charge in [0.2, 0.25) is 11.9 Å². The minimum absolute atomic E-state index is 0.112. The van der Waals surface area contributed by atoms with E-state index in [9.17, 15) is 4.79 Å². The minimum atomic E-state index is -0.112. The molecular weight excluding hydrogens is 302 g/mol. The number of benzene rings is 1.